The van der Waals surface area contributed by atoms with Crippen molar-refractivity contribution in [2.24, 2.45) is 5.92 Å². The first kappa shape index (κ1) is 26.5. The molecule has 0 spiro atoms. The quantitative estimate of drug-likeness (QED) is 0.502. The molecule has 9 nitrogen and oxygen atoms in total. The van der Waals surface area contributed by atoms with E-state index in [4.69, 9.17) is 9.47 Å². The highest BCUT2D eigenvalue weighted by atomic mass is 32.2. The van der Waals surface area contributed by atoms with Crippen LogP contribution < -0.4 is 5.32 Å². The molecule has 1 aromatic heterocycles. The van der Waals surface area contributed by atoms with Crippen molar-refractivity contribution in [3.05, 3.63) is 46.3 Å². The number of anilines is 1. The Balaban J connectivity index is 2.05. The zero-order valence-corrected chi connectivity index (χ0v) is 20.8. The van der Waals surface area contributed by atoms with Crippen LogP contribution >= 0.6 is 11.3 Å². The molecule has 1 aromatic carbocycles. The van der Waals surface area contributed by atoms with Crippen LogP contribution in [0.2, 0.25) is 0 Å². The molecule has 0 bridgehead atoms. The Hall–Kier alpha value is -2.76. The Morgan fingerprint density at radius 2 is 1.70 bits per heavy atom. The van der Waals surface area contributed by atoms with Gasteiger partial charge in [-0.15, -0.1) is 11.3 Å². The van der Waals surface area contributed by atoms with E-state index in [1.54, 1.807) is 12.3 Å². The normalized spacial score (nSPS) is 11.5. The highest BCUT2D eigenvalue weighted by Gasteiger charge is 2.23. The predicted molar refractivity (Wildman–Crippen MR) is 125 cm³/mol. The van der Waals surface area contributed by atoms with E-state index in [9.17, 15) is 22.8 Å². The van der Waals surface area contributed by atoms with Gasteiger partial charge in [-0.05, 0) is 54.5 Å². The van der Waals surface area contributed by atoms with Gasteiger partial charge in [-0.3, -0.25) is 4.79 Å². The maximum absolute atomic E-state index is 12.4. The Kier molecular flexibility index (Phi) is 9.15. The second kappa shape index (κ2) is 11.4. The van der Waals surface area contributed by atoms with E-state index in [0.717, 1.165) is 9.87 Å². The van der Waals surface area contributed by atoms with Crippen molar-refractivity contribution < 1.29 is 32.3 Å². The number of esters is 2. The fraction of sp³-hybridized carbons (Fsp3) is 0.409. The molecule has 0 aliphatic rings. The van der Waals surface area contributed by atoms with Gasteiger partial charge in [0.2, 0.25) is 10.0 Å². The summed E-state index contributed by atoms with van der Waals surface area (Å²) in [5, 5.41) is 4.75. The fourth-order valence-corrected chi connectivity index (χ4v) is 4.73. The molecule has 180 valence electrons. The molecule has 0 unspecified atom stereocenters. The number of hydrogen-bond donors (Lipinski definition) is 1. The van der Waals surface area contributed by atoms with Crippen LogP contribution in [0.4, 0.5) is 5.00 Å². The lowest BCUT2D eigenvalue weighted by Gasteiger charge is -2.12. The largest absolute Gasteiger partial charge is 0.462 e. The average molecular weight is 497 g/mol. The van der Waals surface area contributed by atoms with E-state index >= 15 is 0 Å². The third kappa shape index (κ3) is 6.86. The molecule has 2 rings (SSSR count). The molecule has 1 amide bonds. The molecule has 0 saturated heterocycles. The summed E-state index contributed by atoms with van der Waals surface area (Å²) in [7, 11) is -0.809. The first-order valence-electron chi connectivity index (χ1n) is 10.2. The van der Waals surface area contributed by atoms with Crippen LogP contribution in [0, 0.1) is 5.92 Å². The minimum Gasteiger partial charge on any atom is -0.462 e. The lowest BCUT2D eigenvalue weighted by atomic mass is 10.0. The summed E-state index contributed by atoms with van der Waals surface area (Å²) in [4.78, 5) is 37.0. The Morgan fingerprint density at radius 1 is 1.06 bits per heavy atom. The number of ether oxygens (including phenoxy) is 2. The minimum atomic E-state index is -3.62. The van der Waals surface area contributed by atoms with Crippen LogP contribution in [0.25, 0.3) is 0 Å². The van der Waals surface area contributed by atoms with E-state index in [1.807, 2.05) is 13.8 Å². The number of rotatable bonds is 10. The van der Waals surface area contributed by atoms with Crippen LogP contribution in [0.1, 0.15) is 47.1 Å². The molecule has 33 heavy (non-hydrogen) atoms. The van der Waals surface area contributed by atoms with Gasteiger partial charge in [0, 0.05) is 14.1 Å². The summed E-state index contributed by atoms with van der Waals surface area (Å²) >= 11 is 1.20. The van der Waals surface area contributed by atoms with E-state index in [1.165, 1.54) is 49.7 Å². The monoisotopic (exact) mass is 496 g/mol. The van der Waals surface area contributed by atoms with E-state index < -0.39 is 34.5 Å². The average Bonchev–Trinajstić information content (AvgIpc) is 3.13. The van der Waals surface area contributed by atoms with Crippen molar-refractivity contribution in [1.82, 2.24) is 4.31 Å². The van der Waals surface area contributed by atoms with Gasteiger partial charge in [-0.25, -0.2) is 22.3 Å². The van der Waals surface area contributed by atoms with Crippen LogP contribution in [0.5, 0.6) is 0 Å². The topological polar surface area (TPSA) is 119 Å². The van der Waals surface area contributed by atoms with E-state index in [2.05, 4.69) is 5.32 Å². The lowest BCUT2D eigenvalue weighted by molar-refractivity contribution is -0.119. The van der Waals surface area contributed by atoms with Crippen molar-refractivity contribution in [2.75, 3.05) is 32.6 Å². The van der Waals surface area contributed by atoms with Crippen LogP contribution in [0.3, 0.4) is 0 Å². The van der Waals surface area contributed by atoms with Crippen molar-refractivity contribution in [3.8, 4) is 0 Å². The maximum Gasteiger partial charge on any atom is 0.341 e. The van der Waals surface area contributed by atoms with Crippen LogP contribution in [-0.4, -0.2) is 57.9 Å². The second-order valence-electron chi connectivity index (χ2n) is 7.72. The number of carbonyl (C=O) groups excluding carboxylic acids is 3. The predicted octanol–water partition coefficient (Wildman–Crippen LogP) is 3.17. The minimum absolute atomic E-state index is 0.0307. The van der Waals surface area contributed by atoms with Crippen LogP contribution in [-0.2, 0) is 30.7 Å². The fourth-order valence-electron chi connectivity index (χ4n) is 2.85. The number of sulfonamides is 1. The summed E-state index contributed by atoms with van der Waals surface area (Å²) in [6.07, 6.45) is 0.648. The van der Waals surface area contributed by atoms with Gasteiger partial charge in [0.05, 0.1) is 22.6 Å². The molecular weight excluding hydrogens is 468 g/mol. The summed E-state index contributed by atoms with van der Waals surface area (Å²) in [5.74, 6) is -1.61. The number of benzene rings is 1. The van der Waals surface area contributed by atoms with E-state index in [-0.39, 0.29) is 17.1 Å². The first-order chi connectivity index (χ1) is 15.5. The molecule has 0 fully saturated rings. The van der Waals surface area contributed by atoms with Gasteiger partial charge in [0.25, 0.3) is 5.91 Å². The Labute approximate surface area is 197 Å². The summed E-state index contributed by atoms with van der Waals surface area (Å²) in [6.45, 7) is 5.37. The number of hydrogen-bond acceptors (Lipinski definition) is 8. The maximum atomic E-state index is 12.4. The number of amides is 1. The molecular formula is C22H28N2O7S2. The SMILES string of the molecule is CCOC(=O)c1c(CC(C)C)csc1NC(=O)COC(=O)c1ccc(S(=O)(=O)N(C)C)cc1. The molecule has 1 N–H and O–H groups in total. The Morgan fingerprint density at radius 3 is 2.24 bits per heavy atom. The number of carbonyl (C=O) groups is 3. The van der Waals surface area contributed by atoms with Gasteiger partial charge in [0.1, 0.15) is 5.00 Å². The van der Waals surface area contributed by atoms with Crippen molar-refractivity contribution in [2.45, 2.75) is 32.1 Å². The molecule has 0 atom stereocenters. The third-order valence-electron chi connectivity index (χ3n) is 4.43. The van der Waals surface area contributed by atoms with Crippen molar-refractivity contribution in [1.29, 1.82) is 0 Å². The summed E-state index contributed by atoms with van der Waals surface area (Å²) in [6, 6.07) is 5.21. The molecule has 0 aliphatic carbocycles. The first-order valence-corrected chi connectivity index (χ1v) is 12.6. The number of thiophene rings is 1. The molecule has 0 saturated carbocycles. The lowest BCUT2D eigenvalue weighted by Crippen LogP contribution is -2.23. The summed E-state index contributed by atoms with van der Waals surface area (Å²) < 4.78 is 35.4. The molecule has 0 aliphatic heterocycles. The van der Waals surface area contributed by atoms with Gasteiger partial charge < -0.3 is 14.8 Å². The molecule has 1 heterocycles. The van der Waals surface area contributed by atoms with Gasteiger partial charge in [-0.2, -0.15) is 0 Å². The Bertz CT molecular complexity index is 1100. The van der Waals surface area contributed by atoms with Gasteiger partial charge in [0.15, 0.2) is 6.61 Å². The van der Waals surface area contributed by atoms with E-state index in [0.29, 0.717) is 22.9 Å². The van der Waals surface area contributed by atoms with Crippen molar-refractivity contribution in [3.63, 3.8) is 0 Å². The number of nitrogens with one attached hydrogen (secondary N) is 1. The molecule has 2 aromatic rings. The molecule has 0 radical (unpaired) electrons. The second-order valence-corrected chi connectivity index (χ2v) is 10.8. The number of nitrogens with zero attached hydrogens (tertiary/aromatic N) is 1. The molecule has 11 heteroatoms. The highest BCUT2D eigenvalue weighted by Crippen LogP contribution is 2.31. The van der Waals surface area contributed by atoms with Gasteiger partial charge >= 0.3 is 11.9 Å². The third-order valence-corrected chi connectivity index (χ3v) is 7.20. The smallest absolute Gasteiger partial charge is 0.341 e. The zero-order valence-electron chi connectivity index (χ0n) is 19.2. The summed E-state index contributed by atoms with van der Waals surface area (Å²) in [5.41, 5.74) is 1.20. The standard InChI is InChI=1S/C22H28N2O7S2/c1-6-30-22(27)19-16(11-14(2)3)13-32-20(19)23-18(25)12-31-21(26)15-7-9-17(10-8-15)33(28,29)24(4)5/h7-10,13-14H,6,11-12H2,1-5H3,(H,23,25). The highest BCUT2D eigenvalue weighted by molar-refractivity contribution is 7.89. The van der Waals surface area contributed by atoms with Crippen LogP contribution in [0.15, 0.2) is 34.5 Å². The van der Waals surface area contributed by atoms with Crippen molar-refractivity contribution >= 4 is 44.2 Å². The van der Waals surface area contributed by atoms with Gasteiger partial charge in [-0.1, -0.05) is 13.8 Å². The zero-order chi connectivity index (χ0) is 24.8.